The monoisotopic (exact) mass is 249 g/mol. The molecule has 0 saturated heterocycles. The van der Waals surface area contributed by atoms with E-state index in [1.807, 2.05) is 43.5 Å². The van der Waals surface area contributed by atoms with E-state index in [1.54, 1.807) is 12.4 Å². The number of terminal acetylenes is 1. The van der Waals surface area contributed by atoms with Gasteiger partial charge in [0.15, 0.2) is 0 Å². The SMILES string of the molecule is C#CC(/C=C/C#N)=C(\C=C/C)/C=C/C1C=NC=NC1. The highest BCUT2D eigenvalue weighted by Crippen LogP contribution is 2.11. The van der Waals surface area contributed by atoms with Gasteiger partial charge in [-0.05, 0) is 18.6 Å². The molecule has 1 unspecified atom stereocenters. The fourth-order valence-corrected chi connectivity index (χ4v) is 1.51. The average molecular weight is 249 g/mol. The molecule has 0 spiro atoms. The topological polar surface area (TPSA) is 48.5 Å². The van der Waals surface area contributed by atoms with Gasteiger partial charge < -0.3 is 0 Å². The van der Waals surface area contributed by atoms with Gasteiger partial charge in [-0.1, -0.05) is 30.2 Å². The van der Waals surface area contributed by atoms with Crippen LogP contribution in [0.3, 0.4) is 0 Å². The Morgan fingerprint density at radius 2 is 2.26 bits per heavy atom. The van der Waals surface area contributed by atoms with Crippen LogP contribution in [-0.4, -0.2) is 19.1 Å². The summed E-state index contributed by atoms with van der Waals surface area (Å²) in [5.41, 5.74) is 1.56. The predicted octanol–water partition coefficient (Wildman–Crippen LogP) is 2.86. The fraction of sp³-hybridized carbons (Fsp3) is 0.188. The Kier molecular flexibility index (Phi) is 6.40. The summed E-state index contributed by atoms with van der Waals surface area (Å²) in [6.45, 7) is 2.62. The van der Waals surface area contributed by atoms with Gasteiger partial charge in [0.1, 0.15) is 6.34 Å². The number of aliphatic imine (C=N–C) groups is 2. The van der Waals surface area contributed by atoms with E-state index in [-0.39, 0.29) is 5.92 Å². The molecule has 0 fully saturated rings. The number of nitriles is 1. The molecule has 1 heterocycles. The van der Waals surface area contributed by atoms with Crippen LogP contribution >= 0.6 is 0 Å². The molecule has 3 heteroatoms. The number of hydrogen-bond acceptors (Lipinski definition) is 3. The molecule has 0 saturated carbocycles. The van der Waals surface area contributed by atoms with E-state index in [9.17, 15) is 0 Å². The molecular formula is C16H15N3. The molecule has 0 aromatic rings. The van der Waals surface area contributed by atoms with E-state index in [4.69, 9.17) is 11.7 Å². The van der Waals surface area contributed by atoms with Crippen molar-refractivity contribution in [1.29, 1.82) is 5.26 Å². The summed E-state index contributed by atoms with van der Waals surface area (Å²) in [4.78, 5) is 8.09. The van der Waals surface area contributed by atoms with Crippen molar-refractivity contribution in [2.45, 2.75) is 6.92 Å². The molecule has 0 aromatic carbocycles. The van der Waals surface area contributed by atoms with Crippen molar-refractivity contribution < 1.29 is 0 Å². The van der Waals surface area contributed by atoms with Crippen molar-refractivity contribution in [3.8, 4) is 18.4 Å². The first kappa shape index (κ1) is 14.4. The van der Waals surface area contributed by atoms with E-state index in [0.29, 0.717) is 12.1 Å². The Labute approximate surface area is 114 Å². The smallest absolute Gasteiger partial charge is 0.109 e. The Hall–Kier alpha value is -2.65. The lowest BCUT2D eigenvalue weighted by molar-refractivity contribution is 0.871. The van der Waals surface area contributed by atoms with Crippen LogP contribution in [0.25, 0.3) is 0 Å². The highest BCUT2D eigenvalue weighted by atomic mass is 14.9. The molecule has 1 atom stereocenters. The van der Waals surface area contributed by atoms with Gasteiger partial charge in [0.2, 0.25) is 0 Å². The van der Waals surface area contributed by atoms with Gasteiger partial charge in [0.25, 0.3) is 0 Å². The molecule has 3 nitrogen and oxygen atoms in total. The number of nitrogens with zero attached hydrogens (tertiary/aromatic N) is 3. The third-order valence-electron chi connectivity index (χ3n) is 2.40. The van der Waals surface area contributed by atoms with Crippen LogP contribution in [0.5, 0.6) is 0 Å². The van der Waals surface area contributed by atoms with Gasteiger partial charge in [-0.3, -0.25) is 4.99 Å². The molecule has 0 amide bonds. The second-order valence-corrected chi connectivity index (χ2v) is 3.78. The van der Waals surface area contributed by atoms with E-state index in [0.717, 1.165) is 5.57 Å². The predicted molar refractivity (Wildman–Crippen MR) is 79.9 cm³/mol. The molecule has 0 bridgehead atoms. The van der Waals surface area contributed by atoms with Crippen LogP contribution in [0.15, 0.2) is 57.6 Å². The highest BCUT2D eigenvalue weighted by Gasteiger charge is 2.03. The number of hydrogen-bond donors (Lipinski definition) is 0. The maximum atomic E-state index is 8.56. The molecule has 19 heavy (non-hydrogen) atoms. The first-order chi connectivity index (χ1) is 9.31. The number of rotatable bonds is 4. The van der Waals surface area contributed by atoms with Gasteiger partial charge in [-0.2, -0.15) is 5.26 Å². The Bertz CT molecular complexity index is 558. The molecule has 1 aliphatic heterocycles. The van der Waals surface area contributed by atoms with Gasteiger partial charge in [-0.15, -0.1) is 6.42 Å². The molecule has 1 rings (SSSR count). The Balaban J connectivity index is 2.97. The summed E-state index contributed by atoms with van der Waals surface area (Å²) in [6, 6.07) is 1.94. The lowest BCUT2D eigenvalue weighted by Gasteiger charge is -2.06. The summed E-state index contributed by atoms with van der Waals surface area (Å²) in [7, 11) is 0. The largest absolute Gasteiger partial charge is 0.273 e. The van der Waals surface area contributed by atoms with Gasteiger partial charge in [0, 0.05) is 23.8 Å². The summed E-state index contributed by atoms with van der Waals surface area (Å²) < 4.78 is 0. The van der Waals surface area contributed by atoms with Gasteiger partial charge in [-0.25, -0.2) is 4.99 Å². The summed E-state index contributed by atoms with van der Waals surface area (Å²) in [5, 5.41) is 8.56. The zero-order valence-corrected chi connectivity index (χ0v) is 10.8. The zero-order chi connectivity index (χ0) is 13.9. The quantitative estimate of drug-likeness (QED) is 0.429. The van der Waals surface area contributed by atoms with Crippen molar-refractivity contribution in [2.24, 2.45) is 15.9 Å². The zero-order valence-electron chi connectivity index (χ0n) is 10.8. The summed E-state index contributed by atoms with van der Waals surface area (Å²) in [5.74, 6) is 2.77. The summed E-state index contributed by atoms with van der Waals surface area (Å²) in [6.07, 6.45) is 19.6. The van der Waals surface area contributed by atoms with Crippen molar-refractivity contribution in [3.05, 3.63) is 47.6 Å². The van der Waals surface area contributed by atoms with Crippen LogP contribution in [0.4, 0.5) is 0 Å². The second kappa shape index (κ2) is 8.44. The molecule has 0 N–H and O–H groups in total. The van der Waals surface area contributed by atoms with Crippen LogP contribution in [0, 0.1) is 29.6 Å². The van der Waals surface area contributed by atoms with Crippen LogP contribution in [0.2, 0.25) is 0 Å². The van der Waals surface area contributed by atoms with Crippen LogP contribution < -0.4 is 0 Å². The van der Waals surface area contributed by atoms with E-state index >= 15 is 0 Å². The molecule has 0 radical (unpaired) electrons. The summed E-state index contributed by atoms with van der Waals surface area (Å²) >= 11 is 0. The lowest BCUT2D eigenvalue weighted by Crippen LogP contribution is -2.06. The first-order valence-corrected chi connectivity index (χ1v) is 5.91. The van der Waals surface area contributed by atoms with Crippen molar-refractivity contribution in [3.63, 3.8) is 0 Å². The molecule has 94 valence electrons. The average Bonchev–Trinajstić information content (AvgIpc) is 2.46. The van der Waals surface area contributed by atoms with Crippen LogP contribution in [-0.2, 0) is 0 Å². The lowest BCUT2D eigenvalue weighted by atomic mass is 10.0. The molecule has 0 aliphatic carbocycles. The maximum absolute atomic E-state index is 8.56. The molecule has 0 aromatic heterocycles. The first-order valence-electron chi connectivity index (χ1n) is 5.91. The Morgan fingerprint density at radius 1 is 1.42 bits per heavy atom. The number of allylic oxidation sites excluding steroid dienone is 7. The van der Waals surface area contributed by atoms with Crippen LogP contribution in [0.1, 0.15) is 6.92 Å². The van der Waals surface area contributed by atoms with E-state index < -0.39 is 0 Å². The highest BCUT2D eigenvalue weighted by molar-refractivity contribution is 5.77. The normalized spacial score (nSPS) is 19.8. The minimum absolute atomic E-state index is 0.184. The molecular weight excluding hydrogens is 234 g/mol. The van der Waals surface area contributed by atoms with Gasteiger partial charge in [0.05, 0.1) is 12.6 Å². The van der Waals surface area contributed by atoms with Crippen molar-refractivity contribution in [2.75, 3.05) is 6.54 Å². The Morgan fingerprint density at radius 3 is 2.84 bits per heavy atom. The van der Waals surface area contributed by atoms with Crippen molar-refractivity contribution in [1.82, 2.24) is 0 Å². The van der Waals surface area contributed by atoms with E-state index in [2.05, 4.69) is 15.9 Å². The standard InChI is InChI=1S/C16H15N3/c1-3-6-16(15(4-2)7-5-10-17)9-8-14-11-18-13-19-12-14/h2-3,5-9,11,13-14H,12H2,1H3/b6-3-,7-5+,9-8+,16-15-. The minimum atomic E-state index is 0.184. The maximum Gasteiger partial charge on any atom is 0.109 e. The third-order valence-corrected chi connectivity index (χ3v) is 2.40. The van der Waals surface area contributed by atoms with Gasteiger partial charge >= 0.3 is 0 Å². The second-order valence-electron chi connectivity index (χ2n) is 3.78. The molecule has 1 aliphatic rings. The minimum Gasteiger partial charge on any atom is -0.273 e. The fourth-order valence-electron chi connectivity index (χ4n) is 1.51. The van der Waals surface area contributed by atoms with Crippen molar-refractivity contribution >= 4 is 12.6 Å². The van der Waals surface area contributed by atoms with E-state index in [1.165, 1.54) is 6.08 Å². The third kappa shape index (κ3) is 5.02.